The van der Waals surface area contributed by atoms with E-state index in [1.54, 1.807) is 11.3 Å². The van der Waals surface area contributed by atoms with Gasteiger partial charge in [-0.1, -0.05) is 30.3 Å². The molecule has 1 aromatic carbocycles. The third-order valence-corrected chi connectivity index (χ3v) is 4.31. The van der Waals surface area contributed by atoms with Gasteiger partial charge in [-0.25, -0.2) is 4.98 Å². The van der Waals surface area contributed by atoms with Crippen LogP contribution >= 0.6 is 11.3 Å². The number of benzene rings is 1. The molecule has 1 N–H and O–H groups in total. The first-order valence-corrected chi connectivity index (χ1v) is 7.44. The zero-order chi connectivity index (χ0) is 13.1. The van der Waals surface area contributed by atoms with Gasteiger partial charge in [0.05, 0.1) is 12.1 Å². The van der Waals surface area contributed by atoms with Gasteiger partial charge in [0.1, 0.15) is 10.8 Å². The van der Waals surface area contributed by atoms with E-state index in [0.717, 1.165) is 35.8 Å². The van der Waals surface area contributed by atoms with Crippen LogP contribution in [-0.2, 0) is 11.2 Å². The fourth-order valence-electron chi connectivity index (χ4n) is 2.36. The van der Waals surface area contributed by atoms with Gasteiger partial charge in [-0.15, -0.1) is 11.3 Å². The van der Waals surface area contributed by atoms with Crippen LogP contribution in [-0.4, -0.2) is 23.9 Å². The Bertz CT molecular complexity index is 559. The third kappa shape index (κ3) is 2.91. The molecule has 3 rings (SSSR count). The zero-order valence-electron chi connectivity index (χ0n) is 10.6. The molecule has 1 aliphatic rings. The van der Waals surface area contributed by atoms with E-state index in [0.29, 0.717) is 12.2 Å². The molecule has 0 radical (unpaired) electrons. The average molecular weight is 272 g/mol. The molecule has 2 heterocycles. The summed E-state index contributed by atoms with van der Waals surface area (Å²) in [6.07, 6.45) is 1.44. The monoisotopic (exact) mass is 272 g/mol. The lowest BCUT2D eigenvalue weighted by molar-refractivity contribution is -0.121. The van der Waals surface area contributed by atoms with Crippen LogP contribution in [0, 0.1) is 5.92 Å². The number of rotatable bonds is 4. The quantitative estimate of drug-likeness (QED) is 0.930. The van der Waals surface area contributed by atoms with Gasteiger partial charge in [0, 0.05) is 23.4 Å². The van der Waals surface area contributed by atoms with E-state index in [-0.39, 0.29) is 5.92 Å². The molecule has 1 fully saturated rings. The summed E-state index contributed by atoms with van der Waals surface area (Å²) >= 11 is 1.58. The molecule has 1 unspecified atom stereocenters. The molecule has 0 saturated carbocycles. The van der Waals surface area contributed by atoms with Crippen LogP contribution in [0.3, 0.4) is 0 Å². The summed E-state index contributed by atoms with van der Waals surface area (Å²) in [5.41, 5.74) is 2.08. The van der Waals surface area contributed by atoms with Crippen molar-refractivity contribution in [2.75, 3.05) is 13.1 Å². The van der Waals surface area contributed by atoms with Gasteiger partial charge in [0.15, 0.2) is 0 Å². The van der Waals surface area contributed by atoms with Crippen molar-refractivity contribution in [2.45, 2.75) is 12.8 Å². The molecule has 1 aliphatic heterocycles. The Balaban J connectivity index is 1.70. The van der Waals surface area contributed by atoms with Crippen LogP contribution in [0.15, 0.2) is 35.7 Å². The van der Waals surface area contributed by atoms with Crippen LogP contribution in [0.5, 0.6) is 0 Å². The van der Waals surface area contributed by atoms with Crippen LogP contribution in [0.2, 0.25) is 0 Å². The number of hydrogen-bond acceptors (Lipinski definition) is 4. The summed E-state index contributed by atoms with van der Waals surface area (Å²) in [4.78, 5) is 16.7. The Hall–Kier alpha value is -1.52. The molecule has 2 aromatic rings. The van der Waals surface area contributed by atoms with Gasteiger partial charge in [-0.3, -0.25) is 4.79 Å². The van der Waals surface area contributed by atoms with Crippen molar-refractivity contribution in [3.05, 3.63) is 40.7 Å². The van der Waals surface area contributed by atoms with Gasteiger partial charge in [0.2, 0.25) is 0 Å². The van der Waals surface area contributed by atoms with Crippen molar-refractivity contribution in [3.63, 3.8) is 0 Å². The topological polar surface area (TPSA) is 42.0 Å². The number of nitrogens with one attached hydrogen (secondary N) is 1. The zero-order valence-corrected chi connectivity index (χ0v) is 11.5. The minimum atomic E-state index is 0.184. The molecule has 1 aromatic heterocycles. The first kappa shape index (κ1) is 12.5. The van der Waals surface area contributed by atoms with Crippen molar-refractivity contribution in [2.24, 2.45) is 5.92 Å². The standard InChI is InChI=1S/C15H16N2OS/c18-14(12-6-7-16-9-12)8-15-17-13(10-19-15)11-4-2-1-3-5-11/h1-5,10,12,16H,6-9H2. The maximum atomic E-state index is 12.1. The number of hydrogen-bond donors (Lipinski definition) is 1. The van der Waals surface area contributed by atoms with Gasteiger partial charge in [0.25, 0.3) is 0 Å². The molecule has 4 heteroatoms. The molecule has 0 bridgehead atoms. The summed E-state index contributed by atoms with van der Waals surface area (Å²) < 4.78 is 0. The van der Waals surface area contributed by atoms with E-state index in [9.17, 15) is 4.79 Å². The summed E-state index contributed by atoms with van der Waals surface area (Å²) in [5.74, 6) is 0.503. The average Bonchev–Trinajstić information content (AvgIpc) is 3.11. The predicted octanol–water partition coefficient (Wildman–Crippen LogP) is 2.53. The lowest BCUT2D eigenvalue weighted by Gasteiger charge is -2.04. The van der Waals surface area contributed by atoms with Crippen LogP contribution < -0.4 is 5.32 Å². The highest BCUT2D eigenvalue weighted by molar-refractivity contribution is 7.10. The van der Waals surface area contributed by atoms with Crippen molar-refractivity contribution >= 4 is 17.1 Å². The van der Waals surface area contributed by atoms with Gasteiger partial charge in [-0.2, -0.15) is 0 Å². The number of ketones is 1. The molecule has 0 amide bonds. The molecule has 19 heavy (non-hydrogen) atoms. The van der Waals surface area contributed by atoms with Crippen LogP contribution in [0.25, 0.3) is 11.3 Å². The maximum absolute atomic E-state index is 12.1. The van der Waals surface area contributed by atoms with E-state index in [4.69, 9.17) is 0 Å². The second-order valence-electron chi connectivity index (χ2n) is 4.83. The molecular formula is C15H16N2OS. The summed E-state index contributed by atoms with van der Waals surface area (Å²) in [7, 11) is 0. The first-order valence-electron chi connectivity index (χ1n) is 6.56. The predicted molar refractivity (Wildman–Crippen MR) is 77.2 cm³/mol. The SMILES string of the molecule is O=C(Cc1nc(-c2ccccc2)cs1)C1CCNC1. The number of carbonyl (C=O) groups excluding carboxylic acids is 1. The molecule has 0 aliphatic carbocycles. The number of nitrogens with zero attached hydrogens (tertiary/aromatic N) is 1. The van der Waals surface area contributed by atoms with E-state index in [2.05, 4.69) is 10.3 Å². The van der Waals surface area contributed by atoms with Gasteiger partial charge in [-0.05, 0) is 13.0 Å². The van der Waals surface area contributed by atoms with E-state index >= 15 is 0 Å². The Morgan fingerprint density at radius 1 is 1.37 bits per heavy atom. The van der Waals surface area contributed by atoms with E-state index in [1.807, 2.05) is 35.7 Å². The summed E-state index contributed by atoms with van der Waals surface area (Å²) in [6.45, 7) is 1.79. The maximum Gasteiger partial charge on any atom is 0.144 e. The minimum absolute atomic E-state index is 0.184. The number of thiazole rings is 1. The Labute approximate surface area is 116 Å². The van der Waals surface area contributed by atoms with Crippen LogP contribution in [0.4, 0.5) is 0 Å². The van der Waals surface area contributed by atoms with Gasteiger partial charge >= 0.3 is 0 Å². The second kappa shape index (κ2) is 5.63. The summed E-state index contributed by atoms with van der Waals surface area (Å²) in [5, 5.41) is 6.19. The van der Waals surface area contributed by atoms with E-state index < -0.39 is 0 Å². The normalized spacial score (nSPS) is 18.6. The Morgan fingerprint density at radius 3 is 2.95 bits per heavy atom. The molecular weight excluding hydrogens is 256 g/mol. The molecule has 1 saturated heterocycles. The smallest absolute Gasteiger partial charge is 0.144 e. The second-order valence-corrected chi connectivity index (χ2v) is 5.77. The lowest BCUT2D eigenvalue weighted by atomic mass is 10.0. The largest absolute Gasteiger partial charge is 0.316 e. The fraction of sp³-hybridized carbons (Fsp3) is 0.333. The van der Waals surface area contributed by atoms with Crippen molar-refractivity contribution in [3.8, 4) is 11.3 Å². The molecule has 0 spiro atoms. The molecule has 3 nitrogen and oxygen atoms in total. The minimum Gasteiger partial charge on any atom is -0.316 e. The van der Waals surface area contributed by atoms with Crippen LogP contribution in [0.1, 0.15) is 11.4 Å². The highest BCUT2D eigenvalue weighted by Crippen LogP contribution is 2.23. The lowest BCUT2D eigenvalue weighted by Crippen LogP contribution is -2.19. The van der Waals surface area contributed by atoms with E-state index in [1.165, 1.54) is 0 Å². The van der Waals surface area contributed by atoms with Crippen molar-refractivity contribution in [1.82, 2.24) is 10.3 Å². The number of carbonyl (C=O) groups is 1. The van der Waals surface area contributed by atoms with Crippen molar-refractivity contribution in [1.29, 1.82) is 0 Å². The molecule has 1 atom stereocenters. The Morgan fingerprint density at radius 2 is 2.21 bits per heavy atom. The van der Waals surface area contributed by atoms with Gasteiger partial charge < -0.3 is 5.32 Å². The fourth-order valence-corrected chi connectivity index (χ4v) is 3.17. The summed E-state index contributed by atoms with van der Waals surface area (Å²) in [6, 6.07) is 10.1. The first-order chi connectivity index (χ1) is 9.33. The molecule has 98 valence electrons. The van der Waals surface area contributed by atoms with Crippen molar-refractivity contribution < 1.29 is 4.79 Å². The third-order valence-electron chi connectivity index (χ3n) is 3.46. The highest BCUT2D eigenvalue weighted by atomic mass is 32.1. The highest BCUT2D eigenvalue weighted by Gasteiger charge is 2.23. The Kier molecular flexibility index (Phi) is 3.71. The number of aromatic nitrogens is 1. The number of Topliss-reactive ketones (excluding diaryl/α,β-unsaturated/α-hetero) is 1.